The van der Waals surface area contributed by atoms with Crippen molar-refractivity contribution in [1.29, 1.82) is 0 Å². The maximum absolute atomic E-state index is 13.9. The highest BCUT2D eigenvalue weighted by Crippen LogP contribution is 2.25. The lowest BCUT2D eigenvalue weighted by atomic mass is 9.99. The molecule has 184 valence electrons. The maximum atomic E-state index is 13.9. The van der Waals surface area contributed by atoms with Crippen molar-refractivity contribution in [2.45, 2.75) is 86.1 Å². The van der Waals surface area contributed by atoms with Gasteiger partial charge < -0.3 is 15.0 Å². The van der Waals surface area contributed by atoms with Crippen LogP contribution in [0.1, 0.15) is 90.8 Å². The average Bonchev–Trinajstić information content (AvgIpc) is 3.10. The number of nitrogens with zero attached hydrogens (tertiary/aromatic N) is 2. The van der Waals surface area contributed by atoms with Crippen LogP contribution in [0.4, 0.5) is 10.1 Å². The molecule has 5 nitrogen and oxygen atoms in total. The molecule has 2 N–H and O–H groups in total. The van der Waals surface area contributed by atoms with Crippen molar-refractivity contribution >= 4 is 17.2 Å². The van der Waals surface area contributed by atoms with Gasteiger partial charge in [0.05, 0.1) is 16.9 Å². The first kappa shape index (κ1) is 25.7. The number of aryl methyl sites for hydroxylation is 4. The molecule has 6 heteroatoms. The van der Waals surface area contributed by atoms with Crippen molar-refractivity contribution in [3.05, 3.63) is 63.9 Å². The third kappa shape index (κ3) is 6.16. The second-order valence-electron chi connectivity index (χ2n) is 9.21. The number of rotatable bonds is 12. The van der Waals surface area contributed by atoms with Gasteiger partial charge in [-0.3, -0.25) is 4.79 Å². The van der Waals surface area contributed by atoms with Gasteiger partial charge in [0, 0.05) is 25.0 Å². The molecule has 0 saturated heterocycles. The molecule has 0 aliphatic carbocycles. The summed E-state index contributed by atoms with van der Waals surface area (Å²) >= 11 is 0. The number of pyridine rings is 1. The second kappa shape index (κ2) is 12.0. The molecule has 0 fully saturated rings. The van der Waals surface area contributed by atoms with Crippen LogP contribution in [-0.2, 0) is 13.0 Å². The Morgan fingerprint density at radius 2 is 1.76 bits per heavy atom. The summed E-state index contributed by atoms with van der Waals surface area (Å²) in [4.78, 5) is 17.7. The highest BCUT2D eigenvalue weighted by molar-refractivity contribution is 5.96. The number of carbonyl (C=O) groups excluding carboxylic acids is 1. The number of carbonyl (C=O) groups is 1. The second-order valence-corrected chi connectivity index (χ2v) is 9.21. The molecule has 0 radical (unpaired) electrons. The molecular formula is C28H39FN4O. The number of halogens is 1. The summed E-state index contributed by atoms with van der Waals surface area (Å²) in [5, 5.41) is 6.56. The number of unbranched alkanes of at least 4 members (excludes halogenated alkanes) is 5. The highest BCUT2D eigenvalue weighted by atomic mass is 19.1. The molecule has 2 aromatic heterocycles. The van der Waals surface area contributed by atoms with Crippen molar-refractivity contribution in [2.24, 2.45) is 0 Å². The summed E-state index contributed by atoms with van der Waals surface area (Å²) in [6.45, 7) is 11.4. The first-order chi connectivity index (χ1) is 16.3. The molecule has 34 heavy (non-hydrogen) atoms. The zero-order valence-electron chi connectivity index (χ0n) is 21.4. The quantitative estimate of drug-likeness (QED) is 0.293. The SMILES string of the molecule is CCCCCCCCNC(=O)c1cc(NCc2c(C)cc(F)cc2CC)c2nc(C)c(C)n2c1. The minimum absolute atomic E-state index is 0.0727. The molecule has 3 rings (SSSR count). The van der Waals surface area contributed by atoms with Gasteiger partial charge in [0.25, 0.3) is 5.91 Å². The lowest BCUT2D eigenvalue weighted by Gasteiger charge is -2.15. The molecule has 3 aromatic rings. The van der Waals surface area contributed by atoms with E-state index in [9.17, 15) is 9.18 Å². The van der Waals surface area contributed by atoms with Gasteiger partial charge in [0.1, 0.15) is 5.82 Å². The molecule has 0 spiro atoms. The van der Waals surface area contributed by atoms with Crippen LogP contribution < -0.4 is 10.6 Å². The average molecular weight is 467 g/mol. The van der Waals surface area contributed by atoms with E-state index in [1.807, 2.05) is 44.4 Å². The van der Waals surface area contributed by atoms with Gasteiger partial charge in [0.2, 0.25) is 0 Å². The van der Waals surface area contributed by atoms with E-state index in [0.717, 1.165) is 58.7 Å². The summed E-state index contributed by atoms with van der Waals surface area (Å²) in [5.41, 5.74) is 7.13. The predicted octanol–water partition coefficient (Wildman–Crippen LogP) is 6.66. The largest absolute Gasteiger partial charge is 0.378 e. The molecule has 0 bridgehead atoms. The van der Waals surface area contributed by atoms with Gasteiger partial charge >= 0.3 is 0 Å². The van der Waals surface area contributed by atoms with Crippen LogP contribution in [0, 0.1) is 26.6 Å². The molecule has 1 aromatic carbocycles. The molecule has 0 aliphatic rings. The smallest absolute Gasteiger partial charge is 0.252 e. The lowest BCUT2D eigenvalue weighted by molar-refractivity contribution is 0.0952. The zero-order chi connectivity index (χ0) is 24.7. The van der Waals surface area contributed by atoms with Crippen LogP contribution in [0.2, 0.25) is 0 Å². The van der Waals surface area contributed by atoms with Gasteiger partial charge in [-0.1, -0.05) is 46.0 Å². The van der Waals surface area contributed by atoms with E-state index >= 15 is 0 Å². The Labute approximate surface area is 203 Å². The Kier molecular flexibility index (Phi) is 9.08. The number of hydrogen-bond donors (Lipinski definition) is 2. The third-order valence-corrected chi connectivity index (χ3v) is 6.64. The summed E-state index contributed by atoms with van der Waals surface area (Å²) in [7, 11) is 0. The number of anilines is 1. The lowest BCUT2D eigenvalue weighted by Crippen LogP contribution is -2.25. The number of benzene rings is 1. The monoisotopic (exact) mass is 466 g/mol. The molecule has 2 heterocycles. The number of imidazole rings is 1. The maximum Gasteiger partial charge on any atom is 0.252 e. The number of hydrogen-bond acceptors (Lipinski definition) is 3. The topological polar surface area (TPSA) is 58.4 Å². The fraction of sp³-hybridized carbons (Fsp3) is 0.500. The fourth-order valence-electron chi connectivity index (χ4n) is 4.43. The van der Waals surface area contributed by atoms with Crippen molar-refractivity contribution in [3.8, 4) is 0 Å². The van der Waals surface area contributed by atoms with Crippen LogP contribution >= 0.6 is 0 Å². The molecule has 1 amide bonds. The van der Waals surface area contributed by atoms with Crippen molar-refractivity contribution in [2.75, 3.05) is 11.9 Å². The van der Waals surface area contributed by atoms with Gasteiger partial charge in [-0.05, 0) is 68.5 Å². The molecule has 0 atom stereocenters. The Morgan fingerprint density at radius 3 is 2.50 bits per heavy atom. The van der Waals surface area contributed by atoms with E-state index in [4.69, 9.17) is 4.98 Å². The number of fused-ring (bicyclic) bond motifs is 1. The van der Waals surface area contributed by atoms with Crippen LogP contribution in [0.5, 0.6) is 0 Å². The molecule has 0 aliphatic heterocycles. The van der Waals surface area contributed by atoms with Crippen LogP contribution in [0.15, 0.2) is 24.4 Å². The van der Waals surface area contributed by atoms with Gasteiger partial charge in [-0.25, -0.2) is 9.37 Å². The fourth-order valence-corrected chi connectivity index (χ4v) is 4.43. The standard InChI is InChI=1S/C28H39FN4O/c1-6-8-9-10-11-12-13-30-28(34)23-16-26(27-32-20(4)21(5)33(27)18-23)31-17-25-19(3)14-24(29)15-22(25)7-2/h14-16,18,31H,6-13,17H2,1-5H3,(H,30,34). The van der Waals surface area contributed by atoms with E-state index < -0.39 is 0 Å². The Balaban J connectivity index is 1.78. The van der Waals surface area contributed by atoms with Gasteiger partial charge in [-0.2, -0.15) is 0 Å². The summed E-state index contributed by atoms with van der Waals surface area (Å²) in [6, 6.07) is 5.06. The summed E-state index contributed by atoms with van der Waals surface area (Å²) in [6.07, 6.45) is 9.77. The molecule has 0 saturated carbocycles. The minimum atomic E-state index is -0.205. The minimum Gasteiger partial charge on any atom is -0.378 e. The summed E-state index contributed by atoms with van der Waals surface area (Å²) < 4.78 is 15.9. The third-order valence-electron chi connectivity index (χ3n) is 6.64. The Bertz CT molecular complexity index is 1140. The van der Waals surface area contributed by atoms with E-state index in [0.29, 0.717) is 18.7 Å². The van der Waals surface area contributed by atoms with E-state index in [-0.39, 0.29) is 11.7 Å². The predicted molar refractivity (Wildman–Crippen MR) is 138 cm³/mol. The number of nitrogens with one attached hydrogen (secondary N) is 2. The van der Waals surface area contributed by atoms with Crippen LogP contribution in [-0.4, -0.2) is 21.8 Å². The normalized spacial score (nSPS) is 11.2. The van der Waals surface area contributed by atoms with Crippen LogP contribution in [0.25, 0.3) is 5.65 Å². The van der Waals surface area contributed by atoms with Crippen molar-refractivity contribution in [3.63, 3.8) is 0 Å². The summed E-state index contributed by atoms with van der Waals surface area (Å²) in [5.74, 6) is -0.277. The van der Waals surface area contributed by atoms with E-state index in [1.165, 1.54) is 25.7 Å². The van der Waals surface area contributed by atoms with Gasteiger partial charge in [-0.15, -0.1) is 0 Å². The van der Waals surface area contributed by atoms with E-state index in [1.54, 1.807) is 12.1 Å². The number of aromatic nitrogens is 2. The zero-order valence-corrected chi connectivity index (χ0v) is 21.4. The Morgan fingerprint density at radius 1 is 1.03 bits per heavy atom. The highest BCUT2D eigenvalue weighted by Gasteiger charge is 2.16. The Hall–Kier alpha value is -2.89. The van der Waals surface area contributed by atoms with Gasteiger partial charge in [0.15, 0.2) is 5.65 Å². The first-order valence-corrected chi connectivity index (χ1v) is 12.6. The van der Waals surface area contributed by atoms with Crippen molar-refractivity contribution in [1.82, 2.24) is 14.7 Å². The van der Waals surface area contributed by atoms with E-state index in [2.05, 4.69) is 17.6 Å². The molecule has 0 unspecified atom stereocenters. The van der Waals surface area contributed by atoms with Crippen LogP contribution in [0.3, 0.4) is 0 Å². The first-order valence-electron chi connectivity index (χ1n) is 12.6. The van der Waals surface area contributed by atoms with Crippen molar-refractivity contribution < 1.29 is 9.18 Å². The number of amides is 1. The molecular weight excluding hydrogens is 427 g/mol.